The van der Waals surface area contributed by atoms with Crippen molar-refractivity contribution in [3.63, 3.8) is 0 Å². The molecule has 0 saturated heterocycles. The predicted octanol–water partition coefficient (Wildman–Crippen LogP) is 1.70. The summed E-state index contributed by atoms with van der Waals surface area (Å²) in [6, 6.07) is 5.66. The summed E-state index contributed by atoms with van der Waals surface area (Å²) in [7, 11) is 0. The van der Waals surface area contributed by atoms with E-state index >= 15 is 0 Å². The first kappa shape index (κ1) is 10.7. The third kappa shape index (κ3) is 1.92. The maximum atomic E-state index is 12.3. The van der Waals surface area contributed by atoms with Crippen molar-refractivity contribution in [3.8, 4) is 5.69 Å². The van der Waals surface area contributed by atoms with E-state index < -0.39 is 6.43 Å². The average molecular weight is 225 g/mol. The number of aromatic nitrogens is 3. The number of benzene rings is 1. The van der Waals surface area contributed by atoms with Gasteiger partial charge in [-0.15, -0.1) is 5.10 Å². The molecule has 0 atom stereocenters. The van der Waals surface area contributed by atoms with Crippen molar-refractivity contribution in [1.82, 2.24) is 15.0 Å². The highest BCUT2D eigenvalue weighted by Gasteiger charge is 2.08. The van der Waals surface area contributed by atoms with Crippen LogP contribution in [0.2, 0.25) is 0 Å². The number of hydrogen-bond donors (Lipinski definition) is 1. The third-order valence-corrected chi connectivity index (χ3v) is 2.17. The zero-order valence-corrected chi connectivity index (χ0v) is 8.22. The van der Waals surface area contributed by atoms with E-state index in [1.165, 1.54) is 35.1 Å². The van der Waals surface area contributed by atoms with Crippen LogP contribution in [-0.4, -0.2) is 20.1 Å². The van der Waals surface area contributed by atoms with Gasteiger partial charge in [0.15, 0.2) is 0 Å². The van der Waals surface area contributed by atoms with Gasteiger partial charge in [-0.2, -0.15) is 0 Å². The highest BCUT2D eigenvalue weighted by atomic mass is 19.3. The average Bonchev–Trinajstić information content (AvgIpc) is 2.77. The molecule has 1 aromatic heterocycles. The van der Waals surface area contributed by atoms with Gasteiger partial charge >= 0.3 is 0 Å². The first-order chi connectivity index (χ1) is 7.72. The molecule has 0 aliphatic carbocycles. The van der Waals surface area contributed by atoms with E-state index in [-0.39, 0.29) is 12.2 Å². The highest BCUT2D eigenvalue weighted by molar-refractivity contribution is 5.35. The molecule has 2 rings (SSSR count). The largest absolute Gasteiger partial charge is 0.390 e. The fourth-order valence-corrected chi connectivity index (χ4v) is 1.34. The van der Waals surface area contributed by atoms with Crippen LogP contribution >= 0.6 is 0 Å². The van der Waals surface area contributed by atoms with Crippen molar-refractivity contribution < 1.29 is 13.9 Å². The van der Waals surface area contributed by atoms with Crippen LogP contribution in [0, 0.1) is 0 Å². The molecule has 1 heterocycles. The van der Waals surface area contributed by atoms with Gasteiger partial charge in [0.2, 0.25) is 0 Å². The van der Waals surface area contributed by atoms with Gasteiger partial charge in [-0.05, 0) is 12.1 Å². The molecule has 1 aromatic carbocycles. The fraction of sp³-hybridized carbons (Fsp3) is 0.200. The number of aliphatic hydroxyl groups is 1. The van der Waals surface area contributed by atoms with Crippen molar-refractivity contribution in [1.29, 1.82) is 0 Å². The molecule has 4 nitrogen and oxygen atoms in total. The summed E-state index contributed by atoms with van der Waals surface area (Å²) in [6.45, 7) is -0.205. The van der Waals surface area contributed by atoms with Crippen molar-refractivity contribution in [2.24, 2.45) is 0 Å². The summed E-state index contributed by atoms with van der Waals surface area (Å²) in [5.74, 6) is 0. The Morgan fingerprint density at radius 2 is 1.94 bits per heavy atom. The fourth-order valence-electron chi connectivity index (χ4n) is 1.34. The lowest BCUT2D eigenvalue weighted by molar-refractivity contribution is 0.151. The van der Waals surface area contributed by atoms with Gasteiger partial charge in [0.25, 0.3) is 6.43 Å². The second kappa shape index (κ2) is 4.36. The first-order valence-corrected chi connectivity index (χ1v) is 4.61. The van der Waals surface area contributed by atoms with E-state index in [4.69, 9.17) is 5.11 Å². The molecule has 0 spiro atoms. The predicted molar refractivity (Wildman–Crippen MR) is 52.2 cm³/mol. The standard InChI is InChI=1S/C10H9F2N3O/c11-10(12)7-1-3-8(4-2-7)15-9(6-16)5-13-14-15/h1-5,10,16H,6H2. The third-order valence-electron chi connectivity index (χ3n) is 2.17. The van der Waals surface area contributed by atoms with Crippen molar-refractivity contribution >= 4 is 0 Å². The van der Waals surface area contributed by atoms with Crippen LogP contribution in [0.25, 0.3) is 5.69 Å². The SMILES string of the molecule is OCc1cnnn1-c1ccc(C(F)F)cc1. The second-order valence-electron chi connectivity index (χ2n) is 3.19. The molecule has 6 heteroatoms. The normalized spacial score (nSPS) is 11.0. The number of rotatable bonds is 3. The van der Waals surface area contributed by atoms with Gasteiger partial charge < -0.3 is 5.11 Å². The molecular weight excluding hydrogens is 216 g/mol. The van der Waals surface area contributed by atoms with E-state index in [1.54, 1.807) is 0 Å². The van der Waals surface area contributed by atoms with Crippen molar-refractivity contribution in [3.05, 3.63) is 41.7 Å². The van der Waals surface area contributed by atoms with Crippen LogP contribution < -0.4 is 0 Å². The topological polar surface area (TPSA) is 50.9 Å². The number of halogens is 2. The molecule has 0 bridgehead atoms. The van der Waals surface area contributed by atoms with Crippen LogP contribution in [0.3, 0.4) is 0 Å². The molecule has 0 radical (unpaired) electrons. The number of aliphatic hydroxyl groups excluding tert-OH is 1. The molecule has 2 aromatic rings. The summed E-state index contributed by atoms with van der Waals surface area (Å²) in [5.41, 5.74) is 1.05. The molecule has 0 unspecified atom stereocenters. The molecule has 1 N–H and O–H groups in total. The molecular formula is C10H9F2N3O. The first-order valence-electron chi connectivity index (χ1n) is 4.61. The highest BCUT2D eigenvalue weighted by Crippen LogP contribution is 2.20. The molecule has 0 amide bonds. The number of hydrogen-bond acceptors (Lipinski definition) is 3. The minimum atomic E-state index is -2.48. The van der Waals surface area contributed by atoms with Gasteiger partial charge in [-0.3, -0.25) is 0 Å². The van der Waals surface area contributed by atoms with Gasteiger partial charge in [0, 0.05) is 5.56 Å². The van der Waals surface area contributed by atoms with Crippen LogP contribution in [0.5, 0.6) is 0 Å². The second-order valence-corrected chi connectivity index (χ2v) is 3.19. The minimum absolute atomic E-state index is 0.0468. The van der Waals surface area contributed by atoms with Gasteiger partial charge in [0.1, 0.15) is 0 Å². The molecule has 84 valence electrons. The summed E-state index contributed by atoms with van der Waals surface area (Å²) >= 11 is 0. The summed E-state index contributed by atoms with van der Waals surface area (Å²) in [5, 5.41) is 16.4. The van der Waals surface area contributed by atoms with E-state index in [9.17, 15) is 8.78 Å². The van der Waals surface area contributed by atoms with E-state index in [0.717, 1.165) is 0 Å². The quantitative estimate of drug-likeness (QED) is 0.864. The molecule has 0 saturated carbocycles. The van der Waals surface area contributed by atoms with Crippen molar-refractivity contribution in [2.45, 2.75) is 13.0 Å². The zero-order chi connectivity index (χ0) is 11.5. The molecule has 0 aliphatic heterocycles. The monoisotopic (exact) mass is 225 g/mol. The Morgan fingerprint density at radius 3 is 2.50 bits per heavy atom. The van der Waals surface area contributed by atoms with Gasteiger partial charge in [-0.25, -0.2) is 13.5 Å². The van der Waals surface area contributed by atoms with Crippen LogP contribution in [0.1, 0.15) is 17.7 Å². The van der Waals surface area contributed by atoms with Crippen LogP contribution in [-0.2, 0) is 6.61 Å². The maximum absolute atomic E-state index is 12.3. The Bertz CT molecular complexity index is 467. The Kier molecular flexibility index (Phi) is 2.91. The zero-order valence-electron chi connectivity index (χ0n) is 8.22. The Morgan fingerprint density at radius 1 is 1.25 bits per heavy atom. The summed E-state index contributed by atoms with van der Waals surface area (Å²) in [6.07, 6.45) is -1.07. The number of nitrogens with zero attached hydrogens (tertiary/aromatic N) is 3. The summed E-state index contributed by atoms with van der Waals surface area (Å²) < 4.78 is 26.0. The minimum Gasteiger partial charge on any atom is -0.390 e. The molecule has 16 heavy (non-hydrogen) atoms. The Hall–Kier alpha value is -1.82. The summed E-state index contributed by atoms with van der Waals surface area (Å²) in [4.78, 5) is 0. The lowest BCUT2D eigenvalue weighted by Gasteiger charge is -2.05. The van der Waals surface area contributed by atoms with E-state index in [1.807, 2.05) is 0 Å². The Labute approximate surface area is 90.1 Å². The van der Waals surface area contributed by atoms with E-state index in [0.29, 0.717) is 11.4 Å². The van der Waals surface area contributed by atoms with E-state index in [2.05, 4.69) is 10.3 Å². The number of alkyl halides is 2. The maximum Gasteiger partial charge on any atom is 0.263 e. The molecule has 0 aliphatic rings. The van der Waals surface area contributed by atoms with Crippen LogP contribution in [0.15, 0.2) is 30.5 Å². The Balaban J connectivity index is 2.35. The lowest BCUT2D eigenvalue weighted by Crippen LogP contribution is -2.02. The smallest absolute Gasteiger partial charge is 0.263 e. The molecule has 0 fully saturated rings. The van der Waals surface area contributed by atoms with Crippen LogP contribution in [0.4, 0.5) is 8.78 Å². The van der Waals surface area contributed by atoms with Gasteiger partial charge in [-0.1, -0.05) is 17.3 Å². The van der Waals surface area contributed by atoms with Crippen molar-refractivity contribution in [2.75, 3.05) is 0 Å². The lowest BCUT2D eigenvalue weighted by atomic mass is 10.2. The van der Waals surface area contributed by atoms with Gasteiger partial charge in [0.05, 0.1) is 24.2 Å².